The number of hydrogen-bond donors (Lipinski definition) is 3. The second-order valence-corrected chi connectivity index (χ2v) is 8.10. The molecule has 0 spiro atoms. The Morgan fingerprint density at radius 3 is 2.58 bits per heavy atom. The number of alkyl halides is 3. The van der Waals surface area contributed by atoms with E-state index >= 15 is 0 Å². The fraction of sp³-hybridized carbons (Fsp3) is 0.0400. The average molecular weight is 487 g/mol. The van der Waals surface area contributed by atoms with Gasteiger partial charge in [-0.3, -0.25) is 9.89 Å². The molecule has 0 bridgehead atoms. The molecule has 1 amide bonds. The molecule has 3 aromatic carbocycles. The number of aromatic nitrogens is 6. The van der Waals surface area contributed by atoms with Crippen LogP contribution in [0, 0.1) is 0 Å². The SMILES string of the molecule is O=C(Nc1ccc2[nH]c(-c3ccc4cn[nH]c4c3)nc2c1)c1cnn(-c2ccccc2)c1C(F)(F)F. The highest BCUT2D eigenvalue weighted by molar-refractivity contribution is 6.06. The monoisotopic (exact) mass is 487 g/mol. The Labute approximate surface area is 200 Å². The summed E-state index contributed by atoms with van der Waals surface area (Å²) in [7, 11) is 0. The van der Waals surface area contributed by atoms with Crippen LogP contribution in [0.15, 0.2) is 79.1 Å². The van der Waals surface area contributed by atoms with E-state index in [-0.39, 0.29) is 5.69 Å². The van der Waals surface area contributed by atoms with Gasteiger partial charge in [-0.15, -0.1) is 0 Å². The van der Waals surface area contributed by atoms with Crippen LogP contribution in [0.1, 0.15) is 16.1 Å². The summed E-state index contributed by atoms with van der Waals surface area (Å²) in [5, 5.41) is 14.3. The minimum absolute atomic E-state index is 0.197. The van der Waals surface area contributed by atoms with Crippen LogP contribution in [0.3, 0.4) is 0 Å². The lowest BCUT2D eigenvalue weighted by Crippen LogP contribution is -2.20. The van der Waals surface area contributed by atoms with Crippen LogP contribution in [0.5, 0.6) is 0 Å². The van der Waals surface area contributed by atoms with E-state index in [1.165, 1.54) is 12.1 Å². The van der Waals surface area contributed by atoms with Crippen molar-refractivity contribution in [2.75, 3.05) is 5.32 Å². The molecule has 3 N–H and O–H groups in total. The number of aromatic amines is 2. The van der Waals surface area contributed by atoms with E-state index in [1.54, 1.807) is 42.6 Å². The van der Waals surface area contributed by atoms with Crippen molar-refractivity contribution in [3.8, 4) is 17.1 Å². The molecule has 6 aromatic rings. The minimum atomic E-state index is -4.80. The third-order valence-corrected chi connectivity index (χ3v) is 5.74. The van der Waals surface area contributed by atoms with Crippen LogP contribution in [0.4, 0.5) is 18.9 Å². The fourth-order valence-corrected chi connectivity index (χ4v) is 4.06. The predicted molar refractivity (Wildman–Crippen MR) is 128 cm³/mol. The first kappa shape index (κ1) is 21.6. The average Bonchev–Trinajstić information content (AvgIpc) is 3.61. The quantitative estimate of drug-likeness (QED) is 0.303. The Morgan fingerprint density at radius 1 is 0.944 bits per heavy atom. The molecule has 3 aromatic heterocycles. The second-order valence-electron chi connectivity index (χ2n) is 8.10. The van der Waals surface area contributed by atoms with Crippen LogP contribution in [-0.2, 0) is 6.18 Å². The van der Waals surface area contributed by atoms with E-state index in [4.69, 9.17) is 0 Å². The number of nitrogens with one attached hydrogen (secondary N) is 3. The van der Waals surface area contributed by atoms with Crippen molar-refractivity contribution in [1.82, 2.24) is 29.9 Å². The number of benzene rings is 3. The van der Waals surface area contributed by atoms with Crippen molar-refractivity contribution in [3.63, 3.8) is 0 Å². The highest BCUT2D eigenvalue weighted by atomic mass is 19.4. The van der Waals surface area contributed by atoms with Gasteiger partial charge in [-0.1, -0.05) is 30.3 Å². The zero-order valence-electron chi connectivity index (χ0n) is 18.3. The Kier molecular flexibility index (Phi) is 4.85. The Bertz CT molecular complexity index is 1730. The third kappa shape index (κ3) is 3.76. The van der Waals surface area contributed by atoms with Gasteiger partial charge in [0, 0.05) is 16.6 Å². The molecule has 0 saturated carbocycles. The molecular formula is C25H16F3N7O. The maximum absolute atomic E-state index is 13.9. The van der Waals surface area contributed by atoms with Crippen LogP contribution >= 0.6 is 0 Å². The lowest BCUT2D eigenvalue weighted by molar-refractivity contribution is -0.143. The molecule has 3 heterocycles. The molecule has 0 aliphatic heterocycles. The first-order valence-corrected chi connectivity index (χ1v) is 10.8. The molecule has 36 heavy (non-hydrogen) atoms. The van der Waals surface area contributed by atoms with Crippen molar-refractivity contribution < 1.29 is 18.0 Å². The first-order chi connectivity index (χ1) is 17.4. The Morgan fingerprint density at radius 2 is 1.78 bits per heavy atom. The van der Waals surface area contributed by atoms with Gasteiger partial charge in [0.05, 0.1) is 40.2 Å². The Balaban J connectivity index is 1.31. The van der Waals surface area contributed by atoms with Gasteiger partial charge >= 0.3 is 6.18 Å². The molecule has 6 rings (SSSR count). The van der Waals surface area contributed by atoms with Crippen molar-refractivity contribution in [2.24, 2.45) is 0 Å². The van der Waals surface area contributed by atoms with Gasteiger partial charge in [0.25, 0.3) is 5.91 Å². The third-order valence-electron chi connectivity index (χ3n) is 5.74. The van der Waals surface area contributed by atoms with Crippen molar-refractivity contribution in [3.05, 3.63) is 90.4 Å². The summed E-state index contributed by atoms with van der Waals surface area (Å²) in [5.74, 6) is -0.321. The first-order valence-electron chi connectivity index (χ1n) is 10.8. The highest BCUT2D eigenvalue weighted by Crippen LogP contribution is 2.34. The van der Waals surface area contributed by atoms with Crippen LogP contribution in [-0.4, -0.2) is 35.9 Å². The molecule has 11 heteroatoms. The summed E-state index contributed by atoms with van der Waals surface area (Å²) in [6, 6.07) is 18.5. The van der Waals surface area contributed by atoms with E-state index in [9.17, 15) is 18.0 Å². The van der Waals surface area contributed by atoms with Gasteiger partial charge in [0.1, 0.15) is 5.82 Å². The zero-order valence-corrected chi connectivity index (χ0v) is 18.3. The van der Waals surface area contributed by atoms with Crippen molar-refractivity contribution in [1.29, 1.82) is 0 Å². The molecular weight excluding hydrogens is 471 g/mol. The number of anilines is 1. The molecule has 0 fully saturated rings. The van der Waals surface area contributed by atoms with Crippen LogP contribution < -0.4 is 5.32 Å². The molecule has 178 valence electrons. The molecule has 0 aliphatic carbocycles. The van der Waals surface area contributed by atoms with Gasteiger partial charge in [-0.25, -0.2) is 9.67 Å². The molecule has 0 atom stereocenters. The van der Waals surface area contributed by atoms with E-state index < -0.39 is 23.3 Å². The maximum atomic E-state index is 13.9. The number of fused-ring (bicyclic) bond motifs is 2. The van der Waals surface area contributed by atoms with E-state index in [0.29, 0.717) is 27.2 Å². The van der Waals surface area contributed by atoms with Gasteiger partial charge in [0.15, 0.2) is 5.69 Å². The Hall–Kier alpha value is -4.93. The number of rotatable bonds is 4. The smallest absolute Gasteiger partial charge is 0.338 e. The number of hydrogen-bond acceptors (Lipinski definition) is 4. The highest BCUT2D eigenvalue weighted by Gasteiger charge is 2.40. The number of halogens is 3. The van der Waals surface area contributed by atoms with Gasteiger partial charge in [-0.2, -0.15) is 23.4 Å². The van der Waals surface area contributed by atoms with E-state index in [1.807, 2.05) is 18.2 Å². The maximum Gasteiger partial charge on any atom is 0.434 e. The van der Waals surface area contributed by atoms with E-state index in [0.717, 1.165) is 22.7 Å². The van der Waals surface area contributed by atoms with Crippen LogP contribution in [0.25, 0.3) is 39.0 Å². The number of nitrogens with zero attached hydrogens (tertiary/aromatic N) is 4. The standard InChI is InChI=1S/C25H16F3N7O/c26-25(27,28)22-18(13-30-35(22)17-4-2-1-3-5-17)24(36)31-16-8-9-19-21(11-16)33-23(32-19)14-6-7-15-12-29-34-20(15)10-14/h1-13H,(H,29,34)(H,31,36)(H,32,33). The van der Waals surface area contributed by atoms with Gasteiger partial charge in [-0.05, 0) is 36.4 Å². The number of carbonyl (C=O) groups excluding carboxylic acids is 1. The van der Waals surface area contributed by atoms with Crippen molar-refractivity contribution in [2.45, 2.75) is 6.18 Å². The predicted octanol–water partition coefficient (Wildman–Crippen LogP) is 5.56. The van der Waals surface area contributed by atoms with Gasteiger partial charge in [0.2, 0.25) is 0 Å². The largest absolute Gasteiger partial charge is 0.434 e. The fourth-order valence-electron chi connectivity index (χ4n) is 4.06. The number of carbonyl (C=O) groups is 1. The summed E-state index contributed by atoms with van der Waals surface area (Å²) in [4.78, 5) is 20.7. The molecule has 8 nitrogen and oxygen atoms in total. The summed E-state index contributed by atoms with van der Waals surface area (Å²) < 4.78 is 42.5. The zero-order chi connectivity index (χ0) is 24.9. The minimum Gasteiger partial charge on any atom is -0.338 e. The molecule has 0 unspecified atom stereocenters. The topological polar surface area (TPSA) is 104 Å². The summed E-state index contributed by atoms with van der Waals surface area (Å²) in [5.41, 5.74) is 1.71. The van der Waals surface area contributed by atoms with Gasteiger partial charge < -0.3 is 10.3 Å². The molecule has 0 aliphatic rings. The summed E-state index contributed by atoms with van der Waals surface area (Å²) >= 11 is 0. The number of H-pyrrole nitrogens is 2. The summed E-state index contributed by atoms with van der Waals surface area (Å²) in [6.45, 7) is 0. The van der Waals surface area contributed by atoms with E-state index in [2.05, 4.69) is 30.6 Å². The van der Waals surface area contributed by atoms with Crippen LogP contribution in [0.2, 0.25) is 0 Å². The lowest BCUT2D eigenvalue weighted by atomic mass is 10.1. The molecule has 0 saturated heterocycles. The summed E-state index contributed by atoms with van der Waals surface area (Å²) in [6.07, 6.45) is -2.15. The number of amides is 1. The molecule has 0 radical (unpaired) electrons. The van der Waals surface area contributed by atoms with Crippen molar-refractivity contribution >= 4 is 33.5 Å². The number of imidazole rings is 1. The number of para-hydroxylation sites is 1. The normalized spacial score (nSPS) is 11.9. The lowest BCUT2D eigenvalue weighted by Gasteiger charge is -2.13. The second kappa shape index (κ2) is 8.08.